The number of carbonyl (C=O) groups excluding carboxylic acids is 3. The molecule has 0 radical (unpaired) electrons. The molecule has 0 aliphatic heterocycles. The molecular weight excluding hydrogens is 360 g/mol. The number of imidazole rings is 1. The molecule has 0 saturated carbocycles. The summed E-state index contributed by atoms with van der Waals surface area (Å²) < 4.78 is 0. The zero-order valence-corrected chi connectivity index (χ0v) is 14.9. The Labute approximate surface area is 154 Å². The van der Waals surface area contributed by atoms with Gasteiger partial charge in [-0.3, -0.25) is 19.2 Å². The summed E-state index contributed by atoms with van der Waals surface area (Å²) in [5.41, 5.74) is 5.99. The van der Waals surface area contributed by atoms with Gasteiger partial charge in [0, 0.05) is 18.3 Å². The maximum Gasteiger partial charge on any atom is 0.325 e. The van der Waals surface area contributed by atoms with Crippen LogP contribution in [-0.2, 0) is 25.6 Å². The molecule has 0 aliphatic carbocycles. The standard InChI is InChI=1S/C15H24N6O6/c1-7(15(26)27)20-13(24)10(3-9-4-17-6-19-9)21-11(23)5-18-14(25)12(16)8(2)22/h4,6-8,10,12,22H,3,5,16H2,1-2H3,(H,17,19)(H,18,25)(H,20,24)(H,21,23)(H,26,27). The van der Waals surface area contributed by atoms with E-state index in [9.17, 15) is 24.3 Å². The van der Waals surface area contributed by atoms with Crippen LogP contribution in [0, 0.1) is 0 Å². The normalized spacial score (nSPS) is 15.1. The summed E-state index contributed by atoms with van der Waals surface area (Å²) in [6.45, 7) is 2.15. The van der Waals surface area contributed by atoms with Crippen LogP contribution in [0.5, 0.6) is 0 Å². The maximum atomic E-state index is 12.3. The number of nitrogens with zero attached hydrogens (tertiary/aromatic N) is 1. The van der Waals surface area contributed by atoms with Crippen molar-refractivity contribution in [2.75, 3.05) is 6.54 Å². The lowest BCUT2D eigenvalue weighted by Crippen LogP contribution is -2.54. The third-order valence-electron chi connectivity index (χ3n) is 3.61. The molecule has 150 valence electrons. The molecule has 3 amide bonds. The molecule has 1 aromatic heterocycles. The minimum Gasteiger partial charge on any atom is -0.480 e. The molecule has 8 N–H and O–H groups in total. The Kier molecular flexibility index (Phi) is 8.35. The van der Waals surface area contributed by atoms with Crippen molar-refractivity contribution in [3.63, 3.8) is 0 Å². The van der Waals surface area contributed by atoms with Crippen molar-refractivity contribution in [2.45, 2.75) is 44.5 Å². The summed E-state index contributed by atoms with van der Waals surface area (Å²) >= 11 is 0. The van der Waals surface area contributed by atoms with Crippen molar-refractivity contribution in [2.24, 2.45) is 5.73 Å². The molecule has 4 atom stereocenters. The highest BCUT2D eigenvalue weighted by molar-refractivity contribution is 5.92. The number of carboxylic acids is 1. The van der Waals surface area contributed by atoms with E-state index in [-0.39, 0.29) is 6.42 Å². The average molecular weight is 384 g/mol. The van der Waals surface area contributed by atoms with Crippen LogP contribution < -0.4 is 21.7 Å². The number of carbonyl (C=O) groups is 4. The highest BCUT2D eigenvalue weighted by atomic mass is 16.4. The lowest BCUT2D eigenvalue weighted by molar-refractivity contribution is -0.141. The number of rotatable bonds is 10. The Morgan fingerprint density at radius 3 is 2.41 bits per heavy atom. The van der Waals surface area contributed by atoms with Gasteiger partial charge < -0.3 is 36.9 Å². The molecule has 12 heteroatoms. The summed E-state index contributed by atoms with van der Waals surface area (Å²) in [4.78, 5) is 53.5. The van der Waals surface area contributed by atoms with Crippen molar-refractivity contribution in [1.29, 1.82) is 0 Å². The number of nitrogens with two attached hydrogens (primary N) is 1. The van der Waals surface area contributed by atoms with Gasteiger partial charge in [0.1, 0.15) is 18.1 Å². The van der Waals surface area contributed by atoms with Gasteiger partial charge >= 0.3 is 5.97 Å². The number of hydrogen-bond donors (Lipinski definition) is 7. The minimum absolute atomic E-state index is 0.0328. The third-order valence-corrected chi connectivity index (χ3v) is 3.61. The second kappa shape index (κ2) is 10.2. The summed E-state index contributed by atoms with van der Waals surface area (Å²) in [6.07, 6.45) is 1.79. The number of aliphatic hydroxyl groups is 1. The fourth-order valence-electron chi connectivity index (χ4n) is 1.95. The van der Waals surface area contributed by atoms with E-state index in [2.05, 4.69) is 25.9 Å². The van der Waals surface area contributed by atoms with Gasteiger partial charge in [-0.2, -0.15) is 0 Å². The van der Waals surface area contributed by atoms with E-state index in [1.54, 1.807) is 0 Å². The summed E-state index contributed by atoms with van der Waals surface area (Å²) in [5.74, 6) is -3.35. The van der Waals surface area contributed by atoms with Gasteiger partial charge in [-0.1, -0.05) is 0 Å². The Hall–Kier alpha value is -2.99. The Morgan fingerprint density at radius 2 is 1.89 bits per heavy atom. The van der Waals surface area contributed by atoms with Gasteiger partial charge in [0.05, 0.1) is 19.0 Å². The van der Waals surface area contributed by atoms with E-state index >= 15 is 0 Å². The van der Waals surface area contributed by atoms with Crippen LogP contribution >= 0.6 is 0 Å². The number of aromatic amines is 1. The van der Waals surface area contributed by atoms with E-state index in [0.29, 0.717) is 5.69 Å². The van der Waals surface area contributed by atoms with Crippen molar-refractivity contribution in [3.8, 4) is 0 Å². The first-order chi connectivity index (χ1) is 12.6. The Morgan fingerprint density at radius 1 is 1.22 bits per heavy atom. The molecule has 1 aromatic rings. The number of amides is 3. The van der Waals surface area contributed by atoms with Gasteiger partial charge in [0.2, 0.25) is 17.7 Å². The first-order valence-corrected chi connectivity index (χ1v) is 8.13. The maximum absolute atomic E-state index is 12.3. The molecule has 1 rings (SSSR count). The fourth-order valence-corrected chi connectivity index (χ4v) is 1.95. The van der Waals surface area contributed by atoms with Crippen LogP contribution in [0.25, 0.3) is 0 Å². The predicted octanol–water partition coefficient (Wildman–Crippen LogP) is -3.15. The first kappa shape index (κ1) is 22.1. The highest BCUT2D eigenvalue weighted by Gasteiger charge is 2.26. The second-order valence-corrected chi connectivity index (χ2v) is 5.95. The summed E-state index contributed by atoms with van der Waals surface area (Å²) in [6, 6.07) is -3.44. The van der Waals surface area contributed by atoms with Crippen LogP contribution in [-0.4, -0.2) is 74.6 Å². The van der Waals surface area contributed by atoms with Crippen molar-refractivity contribution in [1.82, 2.24) is 25.9 Å². The summed E-state index contributed by atoms with van der Waals surface area (Å²) in [5, 5.41) is 25.1. The van der Waals surface area contributed by atoms with Crippen LogP contribution in [0.2, 0.25) is 0 Å². The zero-order valence-electron chi connectivity index (χ0n) is 14.9. The number of aliphatic hydroxyl groups excluding tert-OH is 1. The molecule has 0 saturated heterocycles. The Balaban J connectivity index is 2.69. The van der Waals surface area contributed by atoms with Gasteiger partial charge in [0.15, 0.2) is 0 Å². The number of aromatic nitrogens is 2. The van der Waals surface area contributed by atoms with E-state index in [0.717, 1.165) is 0 Å². The minimum atomic E-state index is -1.23. The molecule has 0 aromatic carbocycles. The molecule has 0 spiro atoms. The molecule has 0 bridgehead atoms. The lowest BCUT2D eigenvalue weighted by atomic mass is 10.1. The molecule has 0 aliphatic rings. The molecular formula is C15H24N6O6. The molecule has 4 unspecified atom stereocenters. The zero-order chi connectivity index (χ0) is 20.6. The summed E-state index contributed by atoms with van der Waals surface area (Å²) in [7, 11) is 0. The molecule has 1 heterocycles. The quantitative estimate of drug-likeness (QED) is 0.219. The SMILES string of the molecule is CC(NC(=O)C(Cc1cnc[nH]1)NC(=O)CNC(=O)C(N)C(C)O)C(=O)O. The Bertz CT molecular complexity index is 662. The fraction of sp³-hybridized carbons (Fsp3) is 0.533. The lowest BCUT2D eigenvalue weighted by Gasteiger charge is -2.20. The van der Waals surface area contributed by atoms with Gasteiger partial charge in [0.25, 0.3) is 0 Å². The topological polar surface area (TPSA) is 200 Å². The number of carboxylic acid groups (broad SMARTS) is 1. The smallest absolute Gasteiger partial charge is 0.325 e. The van der Waals surface area contributed by atoms with Gasteiger partial charge in [-0.05, 0) is 13.8 Å². The second-order valence-electron chi connectivity index (χ2n) is 5.95. The molecule has 12 nitrogen and oxygen atoms in total. The number of aliphatic carboxylic acids is 1. The monoisotopic (exact) mass is 384 g/mol. The van der Waals surface area contributed by atoms with Crippen LogP contribution in [0.4, 0.5) is 0 Å². The number of H-pyrrole nitrogens is 1. The van der Waals surface area contributed by atoms with Gasteiger partial charge in [-0.25, -0.2) is 4.98 Å². The highest BCUT2D eigenvalue weighted by Crippen LogP contribution is 2.00. The third kappa shape index (κ3) is 7.42. The van der Waals surface area contributed by atoms with Crippen molar-refractivity contribution < 1.29 is 29.4 Å². The predicted molar refractivity (Wildman–Crippen MR) is 92.1 cm³/mol. The average Bonchev–Trinajstić information content (AvgIpc) is 3.11. The largest absolute Gasteiger partial charge is 0.480 e. The van der Waals surface area contributed by atoms with Crippen molar-refractivity contribution in [3.05, 3.63) is 18.2 Å². The van der Waals surface area contributed by atoms with Crippen LogP contribution in [0.15, 0.2) is 12.5 Å². The van der Waals surface area contributed by atoms with Gasteiger partial charge in [-0.15, -0.1) is 0 Å². The van der Waals surface area contributed by atoms with Crippen LogP contribution in [0.3, 0.4) is 0 Å². The molecule has 0 fully saturated rings. The van der Waals surface area contributed by atoms with Crippen molar-refractivity contribution >= 4 is 23.7 Å². The van der Waals surface area contributed by atoms with E-state index in [1.807, 2.05) is 0 Å². The van der Waals surface area contributed by atoms with E-state index < -0.39 is 54.5 Å². The first-order valence-electron chi connectivity index (χ1n) is 8.13. The number of hydrogen-bond acceptors (Lipinski definition) is 7. The molecule has 27 heavy (non-hydrogen) atoms. The van der Waals surface area contributed by atoms with E-state index in [1.165, 1.54) is 26.4 Å². The van der Waals surface area contributed by atoms with Crippen LogP contribution in [0.1, 0.15) is 19.5 Å². The van der Waals surface area contributed by atoms with E-state index in [4.69, 9.17) is 10.8 Å². The number of nitrogens with one attached hydrogen (secondary N) is 4.